The lowest BCUT2D eigenvalue weighted by atomic mass is 10.1. The van der Waals surface area contributed by atoms with Crippen molar-refractivity contribution in [1.29, 1.82) is 0 Å². The van der Waals surface area contributed by atoms with E-state index in [1.807, 2.05) is 0 Å². The molecule has 100 valence electrons. The predicted octanol–water partition coefficient (Wildman–Crippen LogP) is 1.55. The van der Waals surface area contributed by atoms with Crippen LogP contribution < -0.4 is 5.69 Å². The number of Topliss-reactive ketones (excluding diaryl/α,β-unsaturated/α-hetero) is 1. The van der Waals surface area contributed by atoms with Crippen molar-refractivity contribution in [2.75, 3.05) is 6.61 Å². The molecule has 0 spiro atoms. The first-order chi connectivity index (χ1) is 8.99. The van der Waals surface area contributed by atoms with Crippen molar-refractivity contribution in [1.82, 2.24) is 9.13 Å². The second-order valence-corrected chi connectivity index (χ2v) is 4.11. The number of rotatable bonds is 2. The Balaban J connectivity index is 2.85. The van der Waals surface area contributed by atoms with Gasteiger partial charge in [0.05, 0.1) is 17.6 Å². The van der Waals surface area contributed by atoms with Gasteiger partial charge in [0.2, 0.25) is 0 Å². The molecule has 6 nitrogen and oxygen atoms in total. The Hall–Kier alpha value is -2.37. The Morgan fingerprint density at radius 3 is 2.58 bits per heavy atom. The summed E-state index contributed by atoms with van der Waals surface area (Å²) in [4.78, 5) is 35.5. The van der Waals surface area contributed by atoms with Crippen LogP contribution in [0, 0.1) is 0 Å². The van der Waals surface area contributed by atoms with Gasteiger partial charge >= 0.3 is 11.8 Å². The quantitative estimate of drug-likeness (QED) is 0.770. The summed E-state index contributed by atoms with van der Waals surface area (Å²) < 4.78 is 7.07. The number of hydrogen-bond donors (Lipinski definition) is 0. The summed E-state index contributed by atoms with van der Waals surface area (Å²) >= 11 is 0. The number of carbonyl (C=O) groups excluding carboxylic acids is 2. The number of fused-ring (bicyclic) bond motifs is 1. The number of ketones is 1. The van der Waals surface area contributed by atoms with Crippen LogP contribution in [0.1, 0.15) is 24.2 Å². The summed E-state index contributed by atoms with van der Waals surface area (Å²) in [6.07, 6.45) is -0.737. The van der Waals surface area contributed by atoms with E-state index in [-0.39, 0.29) is 12.4 Å². The van der Waals surface area contributed by atoms with Crippen molar-refractivity contribution in [3.63, 3.8) is 0 Å². The van der Waals surface area contributed by atoms with Crippen molar-refractivity contribution >= 4 is 22.9 Å². The zero-order chi connectivity index (χ0) is 14.2. The van der Waals surface area contributed by atoms with Gasteiger partial charge in [-0.2, -0.15) is 4.57 Å². The van der Waals surface area contributed by atoms with E-state index in [2.05, 4.69) is 0 Å². The van der Waals surface area contributed by atoms with Crippen LogP contribution in [0.25, 0.3) is 11.0 Å². The van der Waals surface area contributed by atoms with Gasteiger partial charge in [0.1, 0.15) is 0 Å². The molecule has 0 saturated carbocycles. The summed E-state index contributed by atoms with van der Waals surface area (Å²) in [6.45, 7) is 3.25. The van der Waals surface area contributed by atoms with E-state index in [0.29, 0.717) is 16.6 Å². The van der Waals surface area contributed by atoms with Crippen LogP contribution >= 0.6 is 0 Å². The molecule has 6 heteroatoms. The van der Waals surface area contributed by atoms with Gasteiger partial charge in [-0.1, -0.05) is 6.07 Å². The fraction of sp³-hybridized carbons (Fsp3) is 0.308. The van der Waals surface area contributed by atoms with Crippen LogP contribution in [0.15, 0.2) is 23.0 Å². The molecule has 1 aromatic carbocycles. The lowest BCUT2D eigenvalue weighted by Crippen LogP contribution is -2.28. The zero-order valence-corrected chi connectivity index (χ0v) is 11.0. The maximum absolute atomic E-state index is 12.1. The lowest BCUT2D eigenvalue weighted by molar-refractivity contribution is 0.101. The SMILES string of the molecule is CCOC(=O)n1c(=O)n(C)c2c(C(C)=O)cccc21. The van der Waals surface area contributed by atoms with Crippen molar-refractivity contribution in [3.8, 4) is 0 Å². The number of aromatic nitrogens is 2. The maximum Gasteiger partial charge on any atom is 0.422 e. The number of para-hydroxylation sites is 1. The molecule has 0 bridgehead atoms. The molecule has 2 aromatic rings. The van der Waals surface area contributed by atoms with Crippen LogP contribution in [-0.4, -0.2) is 27.6 Å². The third-order valence-corrected chi connectivity index (χ3v) is 2.90. The molecule has 0 unspecified atom stereocenters. The van der Waals surface area contributed by atoms with Crippen LogP contribution in [0.4, 0.5) is 4.79 Å². The summed E-state index contributed by atoms with van der Waals surface area (Å²) in [7, 11) is 1.52. The Kier molecular flexibility index (Phi) is 3.25. The Morgan fingerprint density at radius 1 is 1.32 bits per heavy atom. The highest BCUT2D eigenvalue weighted by atomic mass is 16.5. The smallest absolute Gasteiger partial charge is 0.422 e. The number of aryl methyl sites for hydroxylation is 1. The van der Waals surface area contributed by atoms with Gasteiger partial charge in [0.25, 0.3) is 0 Å². The summed E-state index contributed by atoms with van der Waals surface area (Å²) in [5, 5.41) is 0. The Bertz CT molecular complexity index is 724. The molecule has 0 aliphatic rings. The first-order valence-corrected chi connectivity index (χ1v) is 5.87. The van der Waals surface area contributed by atoms with Gasteiger partial charge in [-0.3, -0.25) is 9.36 Å². The zero-order valence-electron chi connectivity index (χ0n) is 11.0. The molecular weight excluding hydrogens is 248 g/mol. The standard InChI is InChI=1S/C13H14N2O4/c1-4-19-13(18)15-10-7-5-6-9(8(2)16)11(10)14(3)12(15)17/h5-7H,4H2,1-3H3. The molecule has 0 N–H and O–H groups in total. The molecule has 0 aliphatic heterocycles. The molecule has 0 atom stereocenters. The van der Waals surface area contributed by atoms with Gasteiger partial charge in [0.15, 0.2) is 5.78 Å². The number of benzene rings is 1. The third-order valence-electron chi connectivity index (χ3n) is 2.90. The molecule has 0 aliphatic carbocycles. The normalized spacial score (nSPS) is 10.7. The van der Waals surface area contributed by atoms with Crippen molar-refractivity contribution in [3.05, 3.63) is 34.2 Å². The first-order valence-electron chi connectivity index (χ1n) is 5.87. The Morgan fingerprint density at radius 2 is 2.00 bits per heavy atom. The van der Waals surface area contributed by atoms with Crippen molar-refractivity contribution in [2.24, 2.45) is 7.05 Å². The molecule has 0 saturated heterocycles. The summed E-state index contributed by atoms with van der Waals surface area (Å²) in [6, 6.07) is 4.87. The first kappa shape index (κ1) is 13.1. The highest BCUT2D eigenvalue weighted by Crippen LogP contribution is 2.18. The van der Waals surface area contributed by atoms with E-state index in [1.165, 1.54) is 18.5 Å². The van der Waals surface area contributed by atoms with Crippen LogP contribution in [0.3, 0.4) is 0 Å². The largest absolute Gasteiger partial charge is 0.449 e. The molecule has 0 amide bonds. The minimum absolute atomic E-state index is 0.165. The topological polar surface area (TPSA) is 70.3 Å². The van der Waals surface area contributed by atoms with Gasteiger partial charge in [-0.15, -0.1) is 0 Å². The Labute approximate surface area is 109 Å². The van der Waals surface area contributed by atoms with Gasteiger partial charge in [0, 0.05) is 12.6 Å². The number of nitrogens with zero attached hydrogens (tertiary/aromatic N) is 2. The van der Waals surface area contributed by atoms with Crippen molar-refractivity contribution in [2.45, 2.75) is 13.8 Å². The van der Waals surface area contributed by atoms with Crippen LogP contribution in [0.2, 0.25) is 0 Å². The number of carbonyl (C=O) groups is 2. The average Bonchev–Trinajstić information content (AvgIpc) is 2.62. The van der Waals surface area contributed by atoms with Gasteiger partial charge < -0.3 is 4.74 Å². The van der Waals surface area contributed by atoms with E-state index in [1.54, 1.807) is 25.1 Å². The fourth-order valence-electron chi connectivity index (χ4n) is 2.06. The number of hydrogen-bond acceptors (Lipinski definition) is 4. The molecular formula is C13H14N2O4. The van der Waals surface area contributed by atoms with Gasteiger partial charge in [-0.25, -0.2) is 9.59 Å². The van der Waals surface area contributed by atoms with E-state index in [9.17, 15) is 14.4 Å². The molecule has 1 heterocycles. The minimum Gasteiger partial charge on any atom is -0.449 e. The van der Waals surface area contributed by atoms with E-state index < -0.39 is 11.8 Å². The molecule has 0 fully saturated rings. The van der Waals surface area contributed by atoms with E-state index in [0.717, 1.165) is 4.57 Å². The second kappa shape index (κ2) is 4.72. The fourth-order valence-corrected chi connectivity index (χ4v) is 2.06. The van der Waals surface area contributed by atoms with Crippen LogP contribution in [-0.2, 0) is 11.8 Å². The maximum atomic E-state index is 12.1. The monoisotopic (exact) mass is 262 g/mol. The molecule has 0 radical (unpaired) electrons. The lowest BCUT2D eigenvalue weighted by Gasteiger charge is -2.03. The summed E-state index contributed by atoms with van der Waals surface area (Å²) in [5.41, 5.74) is 0.689. The number of ether oxygens (including phenoxy) is 1. The van der Waals surface area contributed by atoms with Crippen molar-refractivity contribution < 1.29 is 14.3 Å². The second-order valence-electron chi connectivity index (χ2n) is 4.11. The third kappa shape index (κ3) is 1.95. The highest BCUT2D eigenvalue weighted by molar-refractivity contribution is 6.06. The van der Waals surface area contributed by atoms with Crippen LogP contribution in [0.5, 0.6) is 0 Å². The van der Waals surface area contributed by atoms with E-state index >= 15 is 0 Å². The average molecular weight is 262 g/mol. The predicted molar refractivity (Wildman–Crippen MR) is 69.6 cm³/mol. The van der Waals surface area contributed by atoms with Gasteiger partial charge in [-0.05, 0) is 26.0 Å². The number of imidazole rings is 1. The highest BCUT2D eigenvalue weighted by Gasteiger charge is 2.20. The summed E-state index contributed by atoms with van der Waals surface area (Å²) in [5.74, 6) is -0.165. The molecule has 2 rings (SSSR count). The van der Waals surface area contributed by atoms with E-state index in [4.69, 9.17) is 4.74 Å². The minimum atomic E-state index is -0.737. The molecule has 19 heavy (non-hydrogen) atoms. The molecule has 1 aromatic heterocycles.